The fourth-order valence-corrected chi connectivity index (χ4v) is 1.88. The average Bonchev–Trinajstić information content (AvgIpc) is 2.28. The van der Waals surface area contributed by atoms with Gasteiger partial charge in [-0.05, 0) is 37.9 Å². The van der Waals surface area contributed by atoms with Crippen molar-refractivity contribution in [3.05, 3.63) is 17.4 Å². The highest BCUT2D eigenvalue weighted by Gasteiger charge is 2.12. The molecule has 2 N–H and O–H groups in total. The monoisotopic (exact) mass is 298 g/mol. The zero-order valence-electron chi connectivity index (χ0n) is 9.36. The summed E-state index contributed by atoms with van der Waals surface area (Å²) in [6.45, 7) is 3.16. The Balaban J connectivity index is 0.00000128. The summed E-state index contributed by atoms with van der Waals surface area (Å²) in [5, 5.41) is 7.05. The van der Waals surface area contributed by atoms with Gasteiger partial charge in [-0.25, -0.2) is 9.97 Å². The average molecular weight is 300 g/mol. The van der Waals surface area contributed by atoms with Crippen molar-refractivity contribution in [3.8, 4) is 0 Å². The van der Waals surface area contributed by atoms with Gasteiger partial charge in [0.25, 0.3) is 0 Å². The predicted molar refractivity (Wildman–Crippen MR) is 75.6 cm³/mol. The molecule has 1 aromatic rings. The van der Waals surface area contributed by atoms with Crippen LogP contribution in [-0.4, -0.2) is 29.6 Å². The third kappa shape index (κ3) is 5.73. The van der Waals surface area contributed by atoms with Crippen molar-refractivity contribution in [1.29, 1.82) is 0 Å². The first-order chi connectivity index (χ1) is 7.34. The van der Waals surface area contributed by atoms with Gasteiger partial charge in [0.2, 0.25) is 5.95 Å². The summed E-state index contributed by atoms with van der Waals surface area (Å²) in [5.41, 5.74) is 0. The number of anilines is 1. The molecule has 1 aromatic heterocycles. The molecule has 0 aromatic carbocycles. The van der Waals surface area contributed by atoms with Crippen LogP contribution in [0.4, 0.5) is 5.95 Å². The van der Waals surface area contributed by atoms with E-state index in [2.05, 4.69) is 20.6 Å². The minimum Gasteiger partial charge on any atom is -0.354 e. The summed E-state index contributed by atoms with van der Waals surface area (Å²) in [6, 6.07) is 1.68. The fourth-order valence-electron chi connectivity index (χ4n) is 1.74. The molecule has 1 aliphatic rings. The smallest absolute Gasteiger partial charge is 0.224 e. The number of nitrogens with one attached hydrogen (secondary N) is 2. The van der Waals surface area contributed by atoms with Crippen LogP contribution in [-0.2, 0) is 0 Å². The normalized spacial score (nSPS) is 15.6. The number of piperidine rings is 1. The Morgan fingerprint density at radius 1 is 1.35 bits per heavy atom. The molecule has 17 heavy (non-hydrogen) atoms. The largest absolute Gasteiger partial charge is 0.354 e. The molecular formula is C10H17Cl3N4. The van der Waals surface area contributed by atoms with Crippen molar-refractivity contribution in [2.24, 2.45) is 5.92 Å². The SMILES string of the molecule is Cl.Cl.Clc1ccnc(NCC2CCNCC2)n1. The minimum absolute atomic E-state index is 0. The number of nitrogens with zero attached hydrogens (tertiary/aromatic N) is 2. The molecular weight excluding hydrogens is 282 g/mol. The van der Waals surface area contributed by atoms with E-state index in [1.807, 2.05) is 0 Å². The topological polar surface area (TPSA) is 49.8 Å². The molecule has 0 atom stereocenters. The van der Waals surface area contributed by atoms with Gasteiger partial charge in [0.15, 0.2) is 0 Å². The first kappa shape index (κ1) is 16.7. The third-order valence-electron chi connectivity index (χ3n) is 2.63. The second kappa shape index (κ2) is 8.75. The maximum atomic E-state index is 5.77. The Morgan fingerprint density at radius 2 is 2.06 bits per heavy atom. The molecule has 0 amide bonds. The van der Waals surface area contributed by atoms with Crippen LogP contribution in [0.2, 0.25) is 5.15 Å². The molecule has 2 heterocycles. The van der Waals surface area contributed by atoms with Crippen LogP contribution < -0.4 is 10.6 Å². The first-order valence-electron chi connectivity index (χ1n) is 5.28. The molecule has 0 unspecified atom stereocenters. The van der Waals surface area contributed by atoms with Crippen molar-refractivity contribution < 1.29 is 0 Å². The Labute approximate surface area is 119 Å². The predicted octanol–water partition coefficient (Wildman–Crippen LogP) is 2.39. The lowest BCUT2D eigenvalue weighted by Crippen LogP contribution is -2.31. The van der Waals surface area contributed by atoms with Gasteiger partial charge in [-0.15, -0.1) is 24.8 Å². The number of hydrogen-bond acceptors (Lipinski definition) is 4. The van der Waals surface area contributed by atoms with Crippen LogP contribution in [0.5, 0.6) is 0 Å². The van der Waals surface area contributed by atoms with Crippen LogP contribution in [0.15, 0.2) is 12.3 Å². The van der Waals surface area contributed by atoms with E-state index in [-0.39, 0.29) is 24.8 Å². The molecule has 1 saturated heterocycles. The van der Waals surface area contributed by atoms with Crippen molar-refractivity contribution in [2.75, 3.05) is 25.0 Å². The first-order valence-corrected chi connectivity index (χ1v) is 5.65. The highest BCUT2D eigenvalue weighted by Crippen LogP contribution is 2.12. The van der Waals surface area contributed by atoms with Crippen molar-refractivity contribution in [3.63, 3.8) is 0 Å². The third-order valence-corrected chi connectivity index (χ3v) is 2.84. The van der Waals surface area contributed by atoms with E-state index in [0.29, 0.717) is 17.0 Å². The highest BCUT2D eigenvalue weighted by atomic mass is 35.5. The Morgan fingerprint density at radius 3 is 2.71 bits per heavy atom. The number of hydrogen-bond donors (Lipinski definition) is 2. The van der Waals surface area contributed by atoms with Crippen LogP contribution in [0.1, 0.15) is 12.8 Å². The maximum Gasteiger partial charge on any atom is 0.224 e. The molecule has 0 spiro atoms. The molecule has 7 heteroatoms. The van der Waals surface area contributed by atoms with Gasteiger partial charge in [0.05, 0.1) is 0 Å². The lowest BCUT2D eigenvalue weighted by Gasteiger charge is -2.22. The molecule has 0 bridgehead atoms. The van der Waals surface area contributed by atoms with Gasteiger partial charge in [0, 0.05) is 12.7 Å². The maximum absolute atomic E-state index is 5.77. The minimum atomic E-state index is 0. The van der Waals surface area contributed by atoms with Gasteiger partial charge in [-0.1, -0.05) is 11.6 Å². The number of halogens is 3. The molecule has 4 nitrogen and oxygen atoms in total. The van der Waals surface area contributed by atoms with Crippen LogP contribution >= 0.6 is 36.4 Å². The number of aromatic nitrogens is 2. The summed E-state index contributed by atoms with van der Waals surface area (Å²) in [7, 11) is 0. The summed E-state index contributed by atoms with van der Waals surface area (Å²) in [6.07, 6.45) is 4.10. The van der Waals surface area contributed by atoms with Gasteiger partial charge in [-0.2, -0.15) is 0 Å². The summed E-state index contributed by atoms with van der Waals surface area (Å²) in [5.74, 6) is 1.34. The quantitative estimate of drug-likeness (QED) is 0.842. The fraction of sp³-hybridized carbons (Fsp3) is 0.600. The van der Waals surface area contributed by atoms with Crippen molar-refractivity contribution >= 4 is 42.4 Å². The lowest BCUT2D eigenvalue weighted by atomic mass is 9.98. The molecule has 0 aliphatic carbocycles. The Bertz CT molecular complexity index is 318. The standard InChI is InChI=1S/C10H15ClN4.2ClH/c11-9-3-6-13-10(15-9)14-7-8-1-4-12-5-2-8;;/h3,6,8,12H,1-2,4-5,7H2,(H,13,14,15);2*1H. The second-order valence-corrected chi connectivity index (χ2v) is 4.16. The van der Waals surface area contributed by atoms with E-state index < -0.39 is 0 Å². The van der Waals surface area contributed by atoms with Crippen LogP contribution in [0.25, 0.3) is 0 Å². The van der Waals surface area contributed by atoms with Gasteiger partial charge in [0.1, 0.15) is 5.15 Å². The molecule has 1 aliphatic heterocycles. The summed E-state index contributed by atoms with van der Waals surface area (Å²) >= 11 is 5.77. The molecule has 1 fully saturated rings. The molecule has 2 rings (SSSR count). The van der Waals surface area contributed by atoms with Gasteiger partial charge < -0.3 is 10.6 Å². The highest BCUT2D eigenvalue weighted by molar-refractivity contribution is 6.29. The van der Waals surface area contributed by atoms with Crippen LogP contribution in [0.3, 0.4) is 0 Å². The molecule has 98 valence electrons. The van der Waals surface area contributed by atoms with Gasteiger partial charge >= 0.3 is 0 Å². The van der Waals surface area contributed by atoms with Crippen LogP contribution in [0, 0.1) is 5.92 Å². The molecule has 0 radical (unpaired) electrons. The van der Waals surface area contributed by atoms with E-state index in [9.17, 15) is 0 Å². The molecule has 0 saturated carbocycles. The van der Waals surface area contributed by atoms with E-state index >= 15 is 0 Å². The zero-order chi connectivity index (χ0) is 10.5. The van der Waals surface area contributed by atoms with E-state index in [4.69, 9.17) is 11.6 Å². The van der Waals surface area contributed by atoms with E-state index in [0.717, 1.165) is 19.6 Å². The van der Waals surface area contributed by atoms with E-state index in [1.165, 1.54) is 12.8 Å². The van der Waals surface area contributed by atoms with Crippen molar-refractivity contribution in [1.82, 2.24) is 15.3 Å². The second-order valence-electron chi connectivity index (χ2n) is 3.78. The lowest BCUT2D eigenvalue weighted by molar-refractivity contribution is 0.389. The van der Waals surface area contributed by atoms with Crippen molar-refractivity contribution in [2.45, 2.75) is 12.8 Å². The number of rotatable bonds is 3. The Kier molecular flexibility index (Phi) is 8.60. The summed E-state index contributed by atoms with van der Waals surface area (Å²) < 4.78 is 0. The zero-order valence-corrected chi connectivity index (χ0v) is 11.7. The summed E-state index contributed by atoms with van der Waals surface area (Å²) in [4.78, 5) is 8.19. The van der Waals surface area contributed by atoms with E-state index in [1.54, 1.807) is 12.3 Å². The van der Waals surface area contributed by atoms with Gasteiger partial charge in [-0.3, -0.25) is 0 Å². The Hall–Kier alpha value is -0.290.